The Morgan fingerprint density at radius 2 is 1.62 bits per heavy atom. The number of aromatic nitrogens is 1. The summed E-state index contributed by atoms with van der Waals surface area (Å²) in [7, 11) is 1.67. The van der Waals surface area contributed by atoms with E-state index in [-0.39, 0.29) is 30.2 Å². The first kappa shape index (κ1) is 32.9. The van der Waals surface area contributed by atoms with E-state index in [0.29, 0.717) is 43.8 Å². The maximum Gasteiger partial charge on any atom is 0.410 e. The van der Waals surface area contributed by atoms with Crippen LogP contribution in [0.5, 0.6) is 17.4 Å². The van der Waals surface area contributed by atoms with Gasteiger partial charge in [0.05, 0.1) is 26.2 Å². The Bertz CT molecular complexity index is 1290. The molecule has 1 atom stereocenters. The summed E-state index contributed by atoms with van der Waals surface area (Å²) < 4.78 is 29.4. The highest BCUT2D eigenvalue weighted by atomic mass is 16.6. The zero-order valence-corrected chi connectivity index (χ0v) is 27.6. The van der Waals surface area contributed by atoms with E-state index in [0.717, 1.165) is 68.4 Å². The minimum Gasteiger partial charge on any atom is -0.497 e. The van der Waals surface area contributed by atoms with Crippen molar-refractivity contribution in [1.82, 2.24) is 9.88 Å². The van der Waals surface area contributed by atoms with Crippen LogP contribution in [0.15, 0.2) is 36.5 Å². The number of hydrogen-bond donors (Lipinski definition) is 0. The number of ether oxygens (including phenoxy) is 5. The second kappa shape index (κ2) is 14.7. The maximum atomic E-state index is 12.6. The van der Waals surface area contributed by atoms with Crippen LogP contribution in [0.4, 0.5) is 4.79 Å². The molecule has 2 heterocycles. The van der Waals surface area contributed by atoms with Gasteiger partial charge in [0.2, 0.25) is 5.88 Å². The fraction of sp³-hybridized carbons (Fsp3) is 0.639. The summed E-state index contributed by atoms with van der Waals surface area (Å²) in [5.74, 6) is 3.10. The van der Waals surface area contributed by atoms with Crippen molar-refractivity contribution in [2.24, 2.45) is 5.92 Å². The molecule has 2 saturated carbocycles. The summed E-state index contributed by atoms with van der Waals surface area (Å²) in [5, 5.41) is 0. The Morgan fingerprint density at radius 3 is 2.24 bits per heavy atom. The first-order valence-corrected chi connectivity index (χ1v) is 16.7. The fourth-order valence-electron chi connectivity index (χ4n) is 6.57. The van der Waals surface area contributed by atoms with Crippen LogP contribution >= 0.6 is 0 Å². The molecule has 9 nitrogen and oxygen atoms in total. The lowest BCUT2D eigenvalue weighted by Gasteiger charge is -2.35. The zero-order chi connectivity index (χ0) is 32.0. The van der Waals surface area contributed by atoms with E-state index in [9.17, 15) is 9.59 Å². The van der Waals surface area contributed by atoms with Crippen molar-refractivity contribution in [2.75, 3.05) is 26.8 Å². The Balaban J connectivity index is 1.16. The van der Waals surface area contributed by atoms with E-state index < -0.39 is 5.60 Å². The summed E-state index contributed by atoms with van der Waals surface area (Å²) in [5.41, 5.74) is 1.78. The predicted molar refractivity (Wildman–Crippen MR) is 171 cm³/mol. The van der Waals surface area contributed by atoms with Crippen molar-refractivity contribution in [3.8, 4) is 17.4 Å². The van der Waals surface area contributed by atoms with Gasteiger partial charge >= 0.3 is 12.1 Å². The molecule has 1 aromatic heterocycles. The third-order valence-electron chi connectivity index (χ3n) is 9.08. The van der Waals surface area contributed by atoms with Gasteiger partial charge < -0.3 is 28.6 Å². The standard InChI is InChI=1S/C36H50N2O7/c1-6-42-34(39)23-31(24-7-8-24)26-15-18-37-33(21-26)44-28-11-9-27(10-12-28)43-32-22-29(41-5)13-14-30(32)25-16-19-38(20-17-25)35(40)45-36(2,3)4/h13-15,18,21-22,24-25,27-28,31H,6-12,16-17,19-20,23H2,1-5H3/t27-,28-,31?. The molecule has 246 valence electrons. The number of methoxy groups -OCH3 is 1. The van der Waals surface area contributed by atoms with Gasteiger partial charge in [-0.25, -0.2) is 9.78 Å². The molecule has 3 fully saturated rings. The number of piperidine rings is 1. The number of carbonyl (C=O) groups is 2. The van der Waals surface area contributed by atoms with Gasteiger partial charge in [-0.05, 0) is 120 Å². The molecule has 0 radical (unpaired) electrons. The average molecular weight is 623 g/mol. The molecule has 2 aromatic rings. The Hall–Kier alpha value is -3.49. The van der Waals surface area contributed by atoms with Crippen LogP contribution < -0.4 is 14.2 Å². The van der Waals surface area contributed by atoms with Crippen LogP contribution in [0.2, 0.25) is 0 Å². The van der Waals surface area contributed by atoms with E-state index in [2.05, 4.69) is 11.1 Å². The average Bonchev–Trinajstić information content (AvgIpc) is 3.86. The molecule has 0 bridgehead atoms. The number of amides is 1. The van der Waals surface area contributed by atoms with Gasteiger partial charge in [0.25, 0.3) is 0 Å². The molecule has 9 heteroatoms. The molecule has 0 spiro atoms. The van der Waals surface area contributed by atoms with E-state index >= 15 is 0 Å². The molecular formula is C36H50N2O7. The molecule has 1 aromatic carbocycles. The number of rotatable bonds is 11. The number of hydrogen-bond acceptors (Lipinski definition) is 8. The van der Waals surface area contributed by atoms with Crippen LogP contribution in [-0.2, 0) is 14.3 Å². The van der Waals surface area contributed by atoms with Crippen molar-refractivity contribution in [2.45, 2.75) is 115 Å². The van der Waals surface area contributed by atoms with Gasteiger partial charge in [0.1, 0.15) is 23.2 Å². The predicted octanol–water partition coefficient (Wildman–Crippen LogP) is 7.42. The Labute approximate surface area is 267 Å². The number of pyridine rings is 1. The Kier molecular flexibility index (Phi) is 10.8. The van der Waals surface area contributed by atoms with E-state index in [1.54, 1.807) is 13.3 Å². The normalized spacial score (nSPS) is 21.5. The van der Waals surface area contributed by atoms with Crippen molar-refractivity contribution >= 4 is 12.1 Å². The number of nitrogens with zero attached hydrogens (tertiary/aromatic N) is 2. The van der Waals surface area contributed by atoms with Gasteiger partial charge in [-0.3, -0.25) is 4.79 Å². The summed E-state index contributed by atoms with van der Waals surface area (Å²) in [4.78, 5) is 31.1. The zero-order valence-electron chi connectivity index (χ0n) is 27.6. The number of likely N-dealkylation sites (tertiary alicyclic amines) is 1. The minimum absolute atomic E-state index is 0.0685. The number of benzene rings is 1. The van der Waals surface area contributed by atoms with Crippen molar-refractivity contribution < 1.29 is 33.3 Å². The molecule has 3 aliphatic rings. The molecule has 1 amide bonds. The van der Waals surface area contributed by atoms with Gasteiger partial charge in [0, 0.05) is 31.4 Å². The third kappa shape index (κ3) is 9.27. The summed E-state index contributed by atoms with van der Waals surface area (Å²) >= 11 is 0. The lowest BCUT2D eigenvalue weighted by molar-refractivity contribution is -0.143. The van der Waals surface area contributed by atoms with E-state index in [1.807, 2.05) is 56.9 Å². The minimum atomic E-state index is -0.500. The highest BCUT2D eigenvalue weighted by molar-refractivity contribution is 5.70. The second-order valence-electron chi connectivity index (χ2n) is 13.7. The SMILES string of the molecule is CCOC(=O)CC(c1ccnc(O[C@H]2CC[C@H](Oc3cc(OC)ccc3C3CCN(C(=O)OC(C)(C)C)CC3)CC2)c1)C1CC1. The molecule has 1 unspecified atom stereocenters. The van der Waals surface area contributed by atoms with Crippen LogP contribution in [0.1, 0.15) is 108 Å². The van der Waals surface area contributed by atoms with Gasteiger partial charge in [-0.2, -0.15) is 0 Å². The van der Waals surface area contributed by atoms with Crippen molar-refractivity contribution in [3.63, 3.8) is 0 Å². The number of esters is 1. The molecule has 1 saturated heterocycles. The summed E-state index contributed by atoms with van der Waals surface area (Å²) in [6, 6.07) is 10.1. The molecule has 1 aliphatic heterocycles. The van der Waals surface area contributed by atoms with E-state index in [4.69, 9.17) is 23.7 Å². The van der Waals surface area contributed by atoms with Crippen LogP contribution in [0.3, 0.4) is 0 Å². The maximum absolute atomic E-state index is 12.6. The highest BCUT2D eigenvalue weighted by Gasteiger charge is 2.35. The lowest BCUT2D eigenvalue weighted by atomic mass is 9.88. The smallest absolute Gasteiger partial charge is 0.410 e. The first-order valence-electron chi connectivity index (χ1n) is 16.7. The van der Waals surface area contributed by atoms with Crippen LogP contribution in [-0.4, -0.2) is 66.6 Å². The lowest BCUT2D eigenvalue weighted by Crippen LogP contribution is -2.41. The molecule has 45 heavy (non-hydrogen) atoms. The molecule has 2 aliphatic carbocycles. The third-order valence-corrected chi connectivity index (χ3v) is 9.08. The molecule has 0 N–H and O–H groups in total. The van der Waals surface area contributed by atoms with Gasteiger partial charge in [-0.1, -0.05) is 6.07 Å². The monoisotopic (exact) mass is 622 g/mol. The largest absolute Gasteiger partial charge is 0.497 e. The molecular weight excluding hydrogens is 572 g/mol. The Morgan fingerprint density at radius 1 is 0.933 bits per heavy atom. The first-order chi connectivity index (χ1) is 21.6. The van der Waals surface area contributed by atoms with Crippen molar-refractivity contribution in [1.29, 1.82) is 0 Å². The van der Waals surface area contributed by atoms with Crippen LogP contribution in [0, 0.1) is 5.92 Å². The fourth-order valence-corrected chi connectivity index (χ4v) is 6.57. The van der Waals surface area contributed by atoms with Gasteiger partial charge in [-0.15, -0.1) is 0 Å². The quantitative estimate of drug-likeness (QED) is 0.239. The topological polar surface area (TPSA) is 96.4 Å². The molecule has 5 rings (SSSR count). The van der Waals surface area contributed by atoms with Crippen molar-refractivity contribution in [3.05, 3.63) is 47.7 Å². The summed E-state index contributed by atoms with van der Waals surface area (Å²) in [6.07, 6.45) is 9.62. The highest BCUT2D eigenvalue weighted by Crippen LogP contribution is 2.45. The van der Waals surface area contributed by atoms with Gasteiger partial charge in [0.15, 0.2) is 0 Å². The second-order valence-corrected chi connectivity index (χ2v) is 13.7. The number of carbonyl (C=O) groups excluding carboxylic acids is 2. The van der Waals surface area contributed by atoms with E-state index in [1.165, 1.54) is 5.56 Å². The van der Waals surface area contributed by atoms with Crippen LogP contribution in [0.25, 0.3) is 0 Å². The summed E-state index contributed by atoms with van der Waals surface area (Å²) in [6.45, 7) is 9.26.